The van der Waals surface area contributed by atoms with Gasteiger partial charge in [-0.15, -0.1) is 0 Å². The van der Waals surface area contributed by atoms with Crippen LogP contribution in [0, 0.1) is 10.8 Å². The van der Waals surface area contributed by atoms with Crippen molar-refractivity contribution in [3.63, 3.8) is 0 Å². The fraction of sp³-hybridized carbons (Fsp3) is 0.647. The van der Waals surface area contributed by atoms with E-state index in [4.69, 9.17) is 5.11 Å². The molecule has 0 saturated carbocycles. The SMILES string of the molecule is CC(C)(C)CC(c1ccc(O)cc1)C(C)(C)C.CO.[Y]. The Labute approximate surface area is 149 Å². The number of hydrogen-bond acceptors (Lipinski definition) is 2. The topological polar surface area (TPSA) is 40.5 Å². The molecule has 2 N–H and O–H groups in total. The van der Waals surface area contributed by atoms with Crippen molar-refractivity contribution >= 4 is 0 Å². The molecule has 20 heavy (non-hydrogen) atoms. The maximum absolute atomic E-state index is 9.37. The van der Waals surface area contributed by atoms with E-state index < -0.39 is 0 Å². The van der Waals surface area contributed by atoms with E-state index in [1.807, 2.05) is 0 Å². The first-order valence-corrected chi connectivity index (χ1v) is 6.83. The third kappa shape index (κ3) is 8.39. The van der Waals surface area contributed by atoms with Crippen molar-refractivity contribution in [2.24, 2.45) is 10.8 Å². The van der Waals surface area contributed by atoms with Crippen LogP contribution in [-0.2, 0) is 32.7 Å². The second-order valence-corrected chi connectivity index (χ2v) is 7.27. The van der Waals surface area contributed by atoms with E-state index in [2.05, 4.69) is 53.7 Å². The van der Waals surface area contributed by atoms with Crippen molar-refractivity contribution in [3.8, 4) is 5.75 Å². The molecule has 0 spiro atoms. The van der Waals surface area contributed by atoms with Gasteiger partial charge in [0, 0.05) is 39.8 Å². The molecular formula is C17H30O2Y. The van der Waals surface area contributed by atoms with Crippen molar-refractivity contribution in [1.29, 1.82) is 0 Å². The molecule has 0 aliphatic carbocycles. The molecule has 0 amide bonds. The molecule has 0 aliphatic rings. The van der Waals surface area contributed by atoms with E-state index in [0.717, 1.165) is 13.5 Å². The first-order valence-electron chi connectivity index (χ1n) is 6.83. The summed E-state index contributed by atoms with van der Waals surface area (Å²) in [6.07, 6.45) is 1.15. The maximum Gasteiger partial charge on any atom is 0.115 e. The largest absolute Gasteiger partial charge is 0.508 e. The number of phenolic OH excluding ortho intramolecular Hbond substituents is 1. The molecule has 0 heterocycles. The molecule has 0 fully saturated rings. The number of hydrogen-bond donors (Lipinski definition) is 2. The molecule has 1 unspecified atom stereocenters. The number of phenols is 1. The summed E-state index contributed by atoms with van der Waals surface area (Å²) in [6, 6.07) is 7.68. The van der Waals surface area contributed by atoms with E-state index in [1.165, 1.54) is 5.56 Å². The van der Waals surface area contributed by atoms with Gasteiger partial charge in [0.2, 0.25) is 0 Å². The molecule has 0 bridgehead atoms. The molecule has 0 saturated heterocycles. The van der Waals surface area contributed by atoms with Crippen LogP contribution in [0.1, 0.15) is 59.4 Å². The van der Waals surface area contributed by atoms with Gasteiger partial charge in [-0.25, -0.2) is 0 Å². The number of aliphatic hydroxyl groups is 1. The summed E-state index contributed by atoms with van der Waals surface area (Å²) in [5, 5.41) is 16.4. The second kappa shape index (κ2) is 9.17. The van der Waals surface area contributed by atoms with E-state index >= 15 is 0 Å². The molecule has 113 valence electrons. The van der Waals surface area contributed by atoms with Crippen molar-refractivity contribution in [3.05, 3.63) is 29.8 Å². The molecule has 1 aromatic rings. The van der Waals surface area contributed by atoms with Gasteiger partial charge in [-0.3, -0.25) is 0 Å². The van der Waals surface area contributed by atoms with E-state index in [9.17, 15) is 5.11 Å². The van der Waals surface area contributed by atoms with Crippen LogP contribution in [0.15, 0.2) is 24.3 Å². The minimum absolute atomic E-state index is 0. The van der Waals surface area contributed by atoms with Crippen LogP contribution in [0.5, 0.6) is 5.75 Å². The molecule has 0 aromatic heterocycles. The van der Waals surface area contributed by atoms with Crippen LogP contribution in [0.3, 0.4) is 0 Å². The molecule has 1 atom stereocenters. The zero-order chi connectivity index (χ0) is 15.3. The summed E-state index contributed by atoms with van der Waals surface area (Å²) < 4.78 is 0. The Balaban J connectivity index is 0. The van der Waals surface area contributed by atoms with Gasteiger partial charge < -0.3 is 10.2 Å². The van der Waals surface area contributed by atoms with Crippen LogP contribution < -0.4 is 0 Å². The molecule has 1 radical (unpaired) electrons. The second-order valence-electron chi connectivity index (χ2n) is 7.27. The van der Waals surface area contributed by atoms with Crippen LogP contribution in [0.2, 0.25) is 0 Å². The summed E-state index contributed by atoms with van der Waals surface area (Å²) in [4.78, 5) is 0. The van der Waals surface area contributed by atoms with Gasteiger partial charge >= 0.3 is 0 Å². The fourth-order valence-corrected chi connectivity index (χ4v) is 2.24. The van der Waals surface area contributed by atoms with Gasteiger partial charge in [-0.1, -0.05) is 53.7 Å². The fourth-order valence-electron chi connectivity index (χ4n) is 2.24. The standard InChI is InChI=1S/C16H26O.CH4O.Y/c1-15(2,3)11-14(16(4,5)6)12-7-9-13(17)10-8-12;1-2;/h7-10,14,17H,11H2,1-6H3;2H,1H3;. The van der Waals surface area contributed by atoms with Gasteiger partial charge in [0.25, 0.3) is 0 Å². The van der Waals surface area contributed by atoms with Crippen LogP contribution in [0.25, 0.3) is 0 Å². The van der Waals surface area contributed by atoms with Crippen LogP contribution >= 0.6 is 0 Å². The van der Waals surface area contributed by atoms with Gasteiger partial charge in [0.1, 0.15) is 5.75 Å². The quantitative estimate of drug-likeness (QED) is 0.816. The van der Waals surface area contributed by atoms with Gasteiger partial charge in [0.15, 0.2) is 0 Å². The predicted octanol–water partition coefficient (Wildman–Crippen LogP) is 4.56. The number of rotatable bonds is 2. The smallest absolute Gasteiger partial charge is 0.115 e. The minimum atomic E-state index is 0. The Morgan fingerprint density at radius 2 is 1.30 bits per heavy atom. The van der Waals surface area contributed by atoms with E-state index in [0.29, 0.717) is 17.1 Å². The zero-order valence-corrected chi connectivity index (χ0v) is 16.9. The summed E-state index contributed by atoms with van der Waals surface area (Å²) in [5.41, 5.74) is 1.88. The average molecular weight is 355 g/mol. The van der Waals surface area contributed by atoms with E-state index in [-0.39, 0.29) is 38.1 Å². The molecule has 1 aromatic carbocycles. The first-order chi connectivity index (χ1) is 8.59. The molecule has 3 heteroatoms. The molecule has 1 rings (SSSR count). The Morgan fingerprint density at radius 3 is 1.60 bits per heavy atom. The number of aromatic hydroxyl groups is 1. The Kier molecular flexibility index (Phi) is 10.3. The van der Waals surface area contributed by atoms with Gasteiger partial charge in [-0.2, -0.15) is 0 Å². The van der Waals surface area contributed by atoms with Gasteiger partial charge in [-0.05, 0) is 40.9 Å². The zero-order valence-electron chi connectivity index (χ0n) is 14.1. The number of aliphatic hydroxyl groups excluding tert-OH is 1. The Hall–Kier alpha value is 0.0839. The van der Waals surface area contributed by atoms with E-state index in [1.54, 1.807) is 12.1 Å². The molecule has 2 nitrogen and oxygen atoms in total. The Morgan fingerprint density at radius 1 is 0.900 bits per heavy atom. The van der Waals surface area contributed by atoms with Crippen molar-refractivity contribution < 1.29 is 42.9 Å². The molecule has 0 aliphatic heterocycles. The average Bonchev–Trinajstić information content (AvgIpc) is 2.27. The summed E-state index contributed by atoms with van der Waals surface area (Å²) in [5.74, 6) is 0.861. The predicted molar refractivity (Wildman–Crippen MR) is 82.5 cm³/mol. The number of benzene rings is 1. The first kappa shape index (κ1) is 22.4. The van der Waals surface area contributed by atoms with Crippen molar-refractivity contribution in [2.75, 3.05) is 7.11 Å². The van der Waals surface area contributed by atoms with Crippen molar-refractivity contribution in [1.82, 2.24) is 0 Å². The molecular weight excluding hydrogens is 325 g/mol. The minimum Gasteiger partial charge on any atom is -0.508 e. The van der Waals surface area contributed by atoms with Crippen LogP contribution in [0.4, 0.5) is 0 Å². The third-order valence-electron chi connectivity index (χ3n) is 3.16. The monoisotopic (exact) mass is 355 g/mol. The third-order valence-corrected chi connectivity index (χ3v) is 3.16. The van der Waals surface area contributed by atoms with Crippen LogP contribution in [-0.4, -0.2) is 17.3 Å². The summed E-state index contributed by atoms with van der Waals surface area (Å²) in [6.45, 7) is 13.7. The van der Waals surface area contributed by atoms with Gasteiger partial charge in [0.05, 0.1) is 0 Å². The normalized spacial score (nSPS) is 12.8. The Bertz CT molecular complexity index is 358. The summed E-state index contributed by atoms with van der Waals surface area (Å²) >= 11 is 0. The summed E-state index contributed by atoms with van der Waals surface area (Å²) in [7, 11) is 1.00. The van der Waals surface area contributed by atoms with Crippen molar-refractivity contribution in [2.45, 2.75) is 53.9 Å². The maximum atomic E-state index is 9.37.